The maximum absolute atomic E-state index is 11.8. The van der Waals surface area contributed by atoms with Crippen LogP contribution in [0.3, 0.4) is 0 Å². The third kappa shape index (κ3) is 4.08. The van der Waals surface area contributed by atoms with Crippen molar-refractivity contribution in [3.05, 3.63) is 0 Å². The van der Waals surface area contributed by atoms with Gasteiger partial charge in [0, 0.05) is 6.04 Å². The quantitative estimate of drug-likeness (QED) is 0.653. The Bertz CT molecular complexity index is 121. The SMILES string of the molecule is C[C@H](NCCCF)C1CCCCC1. The summed E-state index contributed by atoms with van der Waals surface area (Å²) in [4.78, 5) is 0. The highest BCUT2D eigenvalue weighted by Crippen LogP contribution is 2.26. The van der Waals surface area contributed by atoms with Crippen molar-refractivity contribution in [3.63, 3.8) is 0 Å². The first kappa shape index (κ1) is 11.0. The van der Waals surface area contributed by atoms with E-state index in [0.29, 0.717) is 12.5 Å². The molecule has 0 bridgehead atoms. The minimum atomic E-state index is -0.190. The molecule has 0 aromatic carbocycles. The van der Waals surface area contributed by atoms with Crippen LogP contribution >= 0.6 is 0 Å². The Kier molecular flexibility index (Phi) is 5.37. The van der Waals surface area contributed by atoms with Crippen molar-refractivity contribution >= 4 is 0 Å². The minimum absolute atomic E-state index is 0.190. The van der Waals surface area contributed by atoms with Crippen molar-refractivity contribution in [2.75, 3.05) is 13.2 Å². The van der Waals surface area contributed by atoms with E-state index in [1.807, 2.05) is 0 Å². The molecular formula is C11H22FN. The zero-order chi connectivity index (χ0) is 9.52. The van der Waals surface area contributed by atoms with E-state index in [1.165, 1.54) is 32.1 Å². The molecule has 1 saturated carbocycles. The Labute approximate surface area is 81.1 Å². The molecule has 0 aromatic rings. The minimum Gasteiger partial charge on any atom is -0.314 e. The number of halogens is 1. The van der Waals surface area contributed by atoms with Gasteiger partial charge in [0.1, 0.15) is 0 Å². The standard InChI is InChI=1S/C11H22FN/c1-10(13-9-5-8-12)11-6-3-2-4-7-11/h10-11,13H,2-9H2,1H3/t10-/m0/s1. The van der Waals surface area contributed by atoms with Crippen LogP contribution in [-0.4, -0.2) is 19.3 Å². The van der Waals surface area contributed by atoms with E-state index in [-0.39, 0.29) is 6.67 Å². The summed E-state index contributed by atoms with van der Waals surface area (Å²) in [6.45, 7) is 2.90. The maximum Gasteiger partial charge on any atom is 0.0906 e. The van der Waals surface area contributed by atoms with Gasteiger partial charge in [0.25, 0.3) is 0 Å². The zero-order valence-corrected chi connectivity index (χ0v) is 8.69. The predicted molar refractivity (Wildman–Crippen MR) is 54.6 cm³/mol. The van der Waals surface area contributed by atoms with Crippen LogP contribution in [0.15, 0.2) is 0 Å². The van der Waals surface area contributed by atoms with Gasteiger partial charge in [-0.1, -0.05) is 19.3 Å². The molecule has 1 atom stereocenters. The fourth-order valence-corrected chi connectivity index (χ4v) is 2.20. The Morgan fingerprint density at radius 3 is 2.62 bits per heavy atom. The van der Waals surface area contributed by atoms with Crippen LogP contribution < -0.4 is 5.32 Å². The summed E-state index contributed by atoms with van der Waals surface area (Å²) < 4.78 is 11.8. The fraction of sp³-hybridized carbons (Fsp3) is 1.00. The molecule has 1 aliphatic carbocycles. The van der Waals surface area contributed by atoms with Crippen LogP contribution in [0.1, 0.15) is 45.4 Å². The first-order chi connectivity index (χ1) is 6.34. The lowest BCUT2D eigenvalue weighted by molar-refractivity contribution is 0.279. The molecule has 2 heteroatoms. The van der Waals surface area contributed by atoms with E-state index in [2.05, 4.69) is 12.2 Å². The highest BCUT2D eigenvalue weighted by molar-refractivity contribution is 4.75. The molecule has 0 aromatic heterocycles. The van der Waals surface area contributed by atoms with Crippen molar-refractivity contribution < 1.29 is 4.39 Å². The molecule has 0 spiro atoms. The molecule has 0 radical (unpaired) electrons. The van der Waals surface area contributed by atoms with E-state index in [9.17, 15) is 4.39 Å². The monoisotopic (exact) mass is 187 g/mol. The van der Waals surface area contributed by atoms with Crippen molar-refractivity contribution in [1.29, 1.82) is 0 Å². The Morgan fingerprint density at radius 2 is 2.00 bits per heavy atom. The van der Waals surface area contributed by atoms with Crippen LogP contribution in [0.4, 0.5) is 4.39 Å². The smallest absolute Gasteiger partial charge is 0.0906 e. The van der Waals surface area contributed by atoms with E-state index < -0.39 is 0 Å². The number of nitrogens with one attached hydrogen (secondary N) is 1. The van der Waals surface area contributed by atoms with E-state index in [1.54, 1.807) is 0 Å². The maximum atomic E-state index is 11.8. The first-order valence-electron chi connectivity index (χ1n) is 5.64. The van der Waals surface area contributed by atoms with Gasteiger partial charge in [-0.3, -0.25) is 4.39 Å². The third-order valence-corrected chi connectivity index (χ3v) is 3.13. The molecule has 0 aliphatic heterocycles. The van der Waals surface area contributed by atoms with E-state index in [0.717, 1.165) is 12.5 Å². The second-order valence-electron chi connectivity index (χ2n) is 4.18. The highest BCUT2D eigenvalue weighted by atomic mass is 19.1. The predicted octanol–water partition coefficient (Wildman–Crippen LogP) is 2.90. The van der Waals surface area contributed by atoms with Gasteiger partial charge >= 0.3 is 0 Å². The van der Waals surface area contributed by atoms with E-state index in [4.69, 9.17) is 0 Å². The summed E-state index contributed by atoms with van der Waals surface area (Å²) in [6.07, 6.45) is 7.58. The number of hydrogen-bond donors (Lipinski definition) is 1. The number of rotatable bonds is 5. The fourth-order valence-electron chi connectivity index (χ4n) is 2.20. The van der Waals surface area contributed by atoms with Gasteiger partial charge in [0.15, 0.2) is 0 Å². The van der Waals surface area contributed by atoms with Crippen LogP contribution in [0.5, 0.6) is 0 Å². The number of alkyl halides is 1. The van der Waals surface area contributed by atoms with Gasteiger partial charge < -0.3 is 5.32 Å². The number of hydrogen-bond acceptors (Lipinski definition) is 1. The van der Waals surface area contributed by atoms with Gasteiger partial charge in [0.05, 0.1) is 6.67 Å². The molecule has 1 rings (SSSR count). The highest BCUT2D eigenvalue weighted by Gasteiger charge is 2.18. The van der Waals surface area contributed by atoms with Gasteiger partial charge in [-0.25, -0.2) is 0 Å². The lowest BCUT2D eigenvalue weighted by Gasteiger charge is -2.28. The molecule has 1 fully saturated rings. The average Bonchev–Trinajstić information content (AvgIpc) is 2.19. The van der Waals surface area contributed by atoms with Gasteiger partial charge in [-0.15, -0.1) is 0 Å². The third-order valence-electron chi connectivity index (χ3n) is 3.13. The molecule has 0 heterocycles. The van der Waals surface area contributed by atoms with Crippen LogP contribution in [0.2, 0.25) is 0 Å². The summed E-state index contributed by atoms with van der Waals surface area (Å²) in [7, 11) is 0. The molecular weight excluding hydrogens is 165 g/mol. The van der Waals surface area contributed by atoms with Crippen LogP contribution in [0, 0.1) is 5.92 Å². The normalized spacial score (nSPS) is 21.7. The molecule has 1 nitrogen and oxygen atoms in total. The Hall–Kier alpha value is -0.110. The Morgan fingerprint density at radius 1 is 1.31 bits per heavy atom. The summed E-state index contributed by atoms with van der Waals surface area (Å²) in [5.41, 5.74) is 0. The lowest BCUT2D eigenvalue weighted by atomic mass is 9.84. The molecule has 0 unspecified atom stereocenters. The first-order valence-corrected chi connectivity index (χ1v) is 5.64. The molecule has 0 amide bonds. The Balaban J connectivity index is 2.09. The molecule has 1 N–H and O–H groups in total. The van der Waals surface area contributed by atoms with Crippen molar-refractivity contribution in [3.8, 4) is 0 Å². The zero-order valence-electron chi connectivity index (χ0n) is 8.69. The van der Waals surface area contributed by atoms with Crippen LogP contribution in [-0.2, 0) is 0 Å². The average molecular weight is 187 g/mol. The largest absolute Gasteiger partial charge is 0.314 e. The second-order valence-corrected chi connectivity index (χ2v) is 4.18. The van der Waals surface area contributed by atoms with Gasteiger partial charge in [-0.05, 0) is 38.6 Å². The van der Waals surface area contributed by atoms with Crippen molar-refractivity contribution in [1.82, 2.24) is 5.32 Å². The van der Waals surface area contributed by atoms with E-state index >= 15 is 0 Å². The topological polar surface area (TPSA) is 12.0 Å². The van der Waals surface area contributed by atoms with Crippen LogP contribution in [0.25, 0.3) is 0 Å². The summed E-state index contributed by atoms with van der Waals surface area (Å²) in [5, 5.41) is 3.41. The summed E-state index contributed by atoms with van der Waals surface area (Å²) in [6, 6.07) is 0.590. The van der Waals surface area contributed by atoms with Gasteiger partial charge in [0.2, 0.25) is 0 Å². The molecule has 78 valence electrons. The van der Waals surface area contributed by atoms with Gasteiger partial charge in [-0.2, -0.15) is 0 Å². The molecule has 13 heavy (non-hydrogen) atoms. The summed E-state index contributed by atoms with van der Waals surface area (Å²) in [5.74, 6) is 0.841. The lowest BCUT2D eigenvalue weighted by Crippen LogP contribution is -2.35. The summed E-state index contributed by atoms with van der Waals surface area (Å²) >= 11 is 0. The molecule has 0 saturated heterocycles. The van der Waals surface area contributed by atoms with Crippen molar-refractivity contribution in [2.45, 2.75) is 51.5 Å². The second kappa shape index (κ2) is 6.36. The van der Waals surface area contributed by atoms with Crippen molar-refractivity contribution in [2.24, 2.45) is 5.92 Å². The molecule has 1 aliphatic rings.